The Morgan fingerprint density at radius 3 is 2.52 bits per heavy atom. The van der Waals surface area contributed by atoms with Gasteiger partial charge in [-0.05, 0) is 25.0 Å². The van der Waals surface area contributed by atoms with Crippen LogP contribution in [0.4, 0.5) is 5.69 Å². The minimum absolute atomic E-state index is 0.172. The number of nitriles is 1. The number of ether oxygens (including phenoxy) is 1. The number of carbonyl (C=O) groups is 2. The van der Waals surface area contributed by atoms with Crippen LogP contribution in [0.25, 0.3) is 0 Å². The Morgan fingerprint density at radius 2 is 1.96 bits per heavy atom. The average molecular weight is 339 g/mol. The summed E-state index contributed by atoms with van der Waals surface area (Å²) in [4.78, 5) is 23.6. The fraction of sp³-hybridized carbons (Fsp3) is 0.471. The van der Waals surface area contributed by atoms with Crippen LogP contribution in [0, 0.1) is 11.3 Å². The highest BCUT2D eigenvalue weighted by Gasteiger charge is 2.17. The van der Waals surface area contributed by atoms with E-state index in [9.17, 15) is 9.59 Å². The van der Waals surface area contributed by atoms with Crippen LogP contribution in [0.5, 0.6) is 0 Å². The predicted octanol–water partition coefficient (Wildman–Crippen LogP) is 4.11. The number of anilines is 1. The van der Waals surface area contributed by atoms with Crippen molar-refractivity contribution in [3.05, 3.63) is 29.3 Å². The van der Waals surface area contributed by atoms with Gasteiger partial charge in [0.15, 0.2) is 0 Å². The summed E-state index contributed by atoms with van der Waals surface area (Å²) < 4.78 is 4.66. The predicted molar refractivity (Wildman–Crippen MR) is 91.7 cm³/mol. The van der Waals surface area contributed by atoms with Crippen LogP contribution in [0.15, 0.2) is 18.2 Å². The number of rotatable bonds is 7. The Kier molecular flexibility index (Phi) is 11.4. The zero-order valence-electron chi connectivity index (χ0n) is 13.8. The van der Waals surface area contributed by atoms with Gasteiger partial charge in [-0.1, -0.05) is 26.3 Å². The van der Waals surface area contributed by atoms with Gasteiger partial charge in [0.05, 0.1) is 23.9 Å². The molecule has 1 rings (SSSR count). The number of alkyl halides is 1. The molecule has 1 amide bonds. The van der Waals surface area contributed by atoms with Gasteiger partial charge in [-0.15, -0.1) is 11.6 Å². The van der Waals surface area contributed by atoms with Gasteiger partial charge in [0.25, 0.3) is 0 Å². The molecule has 0 radical (unpaired) electrons. The lowest BCUT2D eigenvalue weighted by Gasteiger charge is -2.11. The van der Waals surface area contributed by atoms with Crippen LogP contribution in [-0.2, 0) is 9.53 Å². The lowest BCUT2D eigenvalue weighted by molar-refractivity contribution is -0.116. The van der Waals surface area contributed by atoms with Gasteiger partial charge >= 0.3 is 5.97 Å². The monoisotopic (exact) mass is 338 g/mol. The molecular formula is C17H23ClN2O3. The standard InChI is InChI=1S/C15H17ClN2O3.C2H6/c1-21-15(20)12-7-5-6-11(10-17)14(12)18-13(19)8-3-2-4-9-16;1-2/h5-7H,2-4,8-9H2,1H3,(H,18,19);1-2H3. The molecule has 0 aliphatic carbocycles. The van der Waals surface area contributed by atoms with Crippen molar-refractivity contribution in [1.29, 1.82) is 5.26 Å². The van der Waals surface area contributed by atoms with Crippen molar-refractivity contribution >= 4 is 29.2 Å². The van der Waals surface area contributed by atoms with Gasteiger partial charge in [0.2, 0.25) is 5.91 Å². The van der Waals surface area contributed by atoms with Crippen molar-refractivity contribution in [1.82, 2.24) is 0 Å². The number of amides is 1. The summed E-state index contributed by atoms with van der Waals surface area (Å²) in [6.07, 6.45) is 2.75. The molecule has 0 heterocycles. The second kappa shape index (κ2) is 12.5. The van der Waals surface area contributed by atoms with Crippen LogP contribution in [0.1, 0.15) is 55.5 Å². The molecule has 0 atom stereocenters. The zero-order chi connectivity index (χ0) is 17.7. The molecule has 6 heteroatoms. The molecule has 126 valence electrons. The molecule has 0 bridgehead atoms. The molecule has 0 aliphatic rings. The van der Waals surface area contributed by atoms with E-state index < -0.39 is 5.97 Å². The smallest absolute Gasteiger partial charge is 0.340 e. The van der Waals surface area contributed by atoms with E-state index in [2.05, 4.69) is 10.1 Å². The summed E-state index contributed by atoms with van der Waals surface area (Å²) in [5.41, 5.74) is 0.604. The van der Waals surface area contributed by atoms with Crippen molar-refractivity contribution in [2.24, 2.45) is 0 Å². The summed E-state index contributed by atoms with van der Waals surface area (Å²) in [6, 6.07) is 6.57. The lowest BCUT2D eigenvalue weighted by Crippen LogP contribution is -2.16. The second-order valence-electron chi connectivity index (χ2n) is 4.38. The molecule has 0 aliphatic heterocycles. The lowest BCUT2D eigenvalue weighted by atomic mass is 10.1. The molecule has 0 saturated carbocycles. The van der Waals surface area contributed by atoms with Crippen LogP contribution in [-0.4, -0.2) is 24.9 Å². The molecule has 1 aromatic rings. The minimum Gasteiger partial charge on any atom is -0.465 e. The van der Waals surface area contributed by atoms with Gasteiger partial charge in [-0.2, -0.15) is 5.26 Å². The van der Waals surface area contributed by atoms with E-state index in [0.29, 0.717) is 18.7 Å². The Morgan fingerprint density at radius 1 is 1.26 bits per heavy atom. The quantitative estimate of drug-likeness (QED) is 0.461. The molecule has 1 aromatic carbocycles. The Labute approximate surface area is 142 Å². The highest BCUT2D eigenvalue weighted by atomic mass is 35.5. The number of hydrogen-bond acceptors (Lipinski definition) is 4. The molecule has 0 fully saturated rings. The maximum atomic E-state index is 11.9. The second-order valence-corrected chi connectivity index (χ2v) is 4.76. The van der Waals surface area contributed by atoms with E-state index in [1.165, 1.54) is 19.2 Å². The largest absolute Gasteiger partial charge is 0.465 e. The maximum absolute atomic E-state index is 11.9. The van der Waals surface area contributed by atoms with Crippen molar-refractivity contribution in [2.45, 2.75) is 39.5 Å². The van der Waals surface area contributed by atoms with E-state index in [1.54, 1.807) is 6.07 Å². The number of benzene rings is 1. The summed E-state index contributed by atoms with van der Waals surface area (Å²) in [5.74, 6) is -0.257. The molecule has 0 spiro atoms. The van der Waals surface area contributed by atoms with Crippen molar-refractivity contribution in [3.8, 4) is 6.07 Å². The zero-order valence-corrected chi connectivity index (χ0v) is 14.6. The first-order chi connectivity index (χ1) is 11.1. The fourth-order valence-electron chi connectivity index (χ4n) is 1.82. The Balaban J connectivity index is 0.00000232. The molecule has 1 N–H and O–H groups in total. The summed E-state index contributed by atoms with van der Waals surface area (Å²) in [5, 5.41) is 11.7. The first-order valence-electron chi connectivity index (χ1n) is 7.61. The maximum Gasteiger partial charge on any atom is 0.340 e. The number of halogens is 1. The first-order valence-corrected chi connectivity index (χ1v) is 8.14. The number of unbranched alkanes of at least 4 members (excludes halogenated alkanes) is 2. The van der Waals surface area contributed by atoms with Crippen LogP contribution >= 0.6 is 11.6 Å². The molecule has 23 heavy (non-hydrogen) atoms. The number of para-hydroxylation sites is 1. The van der Waals surface area contributed by atoms with Crippen molar-refractivity contribution in [3.63, 3.8) is 0 Å². The number of nitrogens with zero attached hydrogens (tertiary/aromatic N) is 1. The normalized spacial score (nSPS) is 9.17. The molecule has 5 nitrogen and oxygen atoms in total. The van der Waals surface area contributed by atoms with E-state index in [1.807, 2.05) is 19.9 Å². The van der Waals surface area contributed by atoms with E-state index in [4.69, 9.17) is 16.9 Å². The molecular weight excluding hydrogens is 316 g/mol. The fourth-order valence-corrected chi connectivity index (χ4v) is 2.01. The first kappa shape index (κ1) is 20.9. The highest BCUT2D eigenvalue weighted by Crippen LogP contribution is 2.22. The summed E-state index contributed by atoms with van der Waals surface area (Å²) >= 11 is 5.57. The van der Waals surface area contributed by atoms with Gasteiger partial charge in [0, 0.05) is 12.3 Å². The number of nitrogens with one attached hydrogen (secondary N) is 1. The highest BCUT2D eigenvalue weighted by molar-refractivity contribution is 6.17. The minimum atomic E-state index is -0.593. The van der Waals surface area contributed by atoms with Crippen LogP contribution in [0.3, 0.4) is 0 Å². The van der Waals surface area contributed by atoms with E-state index >= 15 is 0 Å². The van der Waals surface area contributed by atoms with Gasteiger partial charge in [-0.3, -0.25) is 4.79 Å². The third-order valence-electron chi connectivity index (χ3n) is 2.89. The van der Waals surface area contributed by atoms with Crippen LogP contribution < -0.4 is 5.32 Å². The van der Waals surface area contributed by atoms with Crippen LogP contribution in [0.2, 0.25) is 0 Å². The topological polar surface area (TPSA) is 79.2 Å². The summed E-state index contributed by atoms with van der Waals surface area (Å²) in [7, 11) is 1.25. The Hall–Kier alpha value is -2.06. The molecule has 0 unspecified atom stereocenters. The molecule has 0 aromatic heterocycles. The average Bonchev–Trinajstić information content (AvgIpc) is 2.60. The number of esters is 1. The third-order valence-corrected chi connectivity index (χ3v) is 3.16. The number of hydrogen-bond donors (Lipinski definition) is 1. The van der Waals surface area contributed by atoms with Gasteiger partial charge in [0.1, 0.15) is 6.07 Å². The Bertz CT molecular complexity index is 553. The van der Waals surface area contributed by atoms with Gasteiger partial charge < -0.3 is 10.1 Å². The SMILES string of the molecule is CC.COC(=O)c1cccc(C#N)c1NC(=O)CCCCCCl. The van der Waals surface area contributed by atoms with E-state index in [0.717, 1.165) is 12.8 Å². The van der Waals surface area contributed by atoms with Gasteiger partial charge in [-0.25, -0.2) is 4.79 Å². The summed E-state index contributed by atoms with van der Waals surface area (Å²) in [6.45, 7) is 4.00. The number of carbonyl (C=O) groups excluding carboxylic acids is 2. The van der Waals surface area contributed by atoms with Crippen molar-refractivity contribution in [2.75, 3.05) is 18.3 Å². The van der Waals surface area contributed by atoms with E-state index in [-0.39, 0.29) is 22.7 Å². The van der Waals surface area contributed by atoms with Crippen molar-refractivity contribution < 1.29 is 14.3 Å². The third kappa shape index (κ3) is 7.16. The molecule has 0 saturated heterocycles. The number of methoxy groups -OCH3 is 1.